The van der Waals surface area contributed by atoms with Gasteiger partial charge in [0.25, 0.3) is 0 Å². The molecule has 0 saturated carbocycles. The minimum atomic E-state index is 0.354. The fraction of sp³-hybridized carbons (Fsp3) is 0.333. The van der Waals surface area contributed by atoms with E-state index in [1.807, 2.05) is 22.9 Å². The van der Waals surface area contributed by atoms with Crippen molar-refractivity contribution >= 4 is 5.95 Å². The molecule has 16 heavy (non-hydrogen) atoms. The van der Waals surface area contributed by atoms with E-state index in [1.54, 1.807) is 6.33 Å². The standard InChI is InChI=1S/C12H16N4/c1-10(2)14-12-13-9-16(15-12)8-11-6-4-3-5-7-11/h3-7,9-10H,8H2,1-2H3,(H,14,15). The van der Waals surface area contributed by atoms with Gasteiger partial charge in [0.1, 0.15) is 6.33 Å². The highest BCUT2D eigenvalue weighted by molar-refractivity contribution is 5.22. The van der Waals surface area contributed by atoms with E-state index >= 15 is 0 Å². The van der Waals surface area contributed by atoms with Gasteiger partial charge >= 0.3 is 0 Å². The number of benzene rings is 1. The topological polar surface area (TPSA) is 42.7 Å². The van der Waals surface area contributed by atoms with Crippen molar-refractivity contribution in [3.8, 4) is 0 Å². The molecule has 1 aromatic carbocycles. The summed E-state index contributed by atoms with van der Waals surface area (Å²) < 4.78 is 1.83. The van der Waals surface area contributed by atoms with Gasteiger partial charge in [-0.3, -0.25) is 0 Å². The first-order valence-corrected chi connectivity index (χ1v) is 5.44. The molecule has 1 aromatic heterocycles. The molecule has 0 spiro atoms. The minimum Gasteiger partial charge on any atom is -0.351 e. The highest BCUT2D eigenvalue weighted by Gasteiger charge is 2.01. The predicted octanol–water partition coefficient (Wildman–Crippen LogP) is 2.15. The van der Waals surface area contributed by atoms with E-state index in [0.29, 0.717) is 12.0 Å². The first-order chi connectivity index (χ1) is 7.74. The Kier molecular flexibility index (Phi) is 3.19. The third-order valence-corrected chi connectivity index (χ3v) is 2.14. The SMILES string of the molecule is CC(C)Nc1ncn(Cc2ccccc2)n1. The lowest BCUT2D eigenvalue weighted by Gasteiger charge is -2.04. The van der Waals surface area contributed by atoms with Crippen LogP contribution in [0.15, 0.2) is 36.7 Å². The predicted molar refractivity (Wildman–Crippen MR) is 64.3 cm³/mol. The molecular weight excluding hydrogens is 200 g/mol. The molecular formula is C12H16N4. The van der Waals surface area contributed by atoms with Crippen molar-refractivity contribution in [3.63, 3.8) is 0 Å². The zero-order chi connectivity index (χ0) is 11.4. The summed E-state index contributed by atoms with van der Waals surface area (Å²) in [4.78, 5) is 4.19. The fourth-order valence-corrected chi connectivity index (χ4v) is 1.47. The average molecular weight is 216 g/mol. The van der Waals surface area contributed by atoms with Gasteiger partial charge in [0, 0.05) is 6.04 Å². The molecule has 0 aliphatic carbocycles. The molecule has 0 unspecified atom stereocenters. The van der Waals surface area contributed by atoms with E-state index in [0.717, 1.165) is 6.54 Å². The number of anilines is 1. The quantitative estimate of drug-likeness (QED) is 0.851. The van der Waals surface area contributed by atoms with Crippen LogP contribution in [0.2, 0.25) is 0 Å². The Morgan fingerprint density at radius 2 is 2.00 bits per heavy atom. The normalized spacial score (nSPS) is 10.7. The Bertz CT molecular complexity index is 433. The van der Waals surface area contributed by atoms with Crippen LogP contribution in [0.5, 0.6) is 0 Å². The molecule has 1 heterocycles. The van der Waals surface area contributed by atoms with Crippen molar-refractivity contribution in [3.05, 3.63) is 42.2 Å². The second kappa shape index (κ2) is 4.79. The second-order valence-electron chi connectivity index (χ2n) is 4.05. The first kappa shape index (κ1) is 10.7. The number of aromatic nitrogens is 3. The van der Waals surface area contributed by atoms with E-state index in [2.05, 4.69) is 41.4 Å². The molecule has 0 saturated heterocycles. The lowest BCUT2D eigenvalue weighted by atomic mass is 10.2. The van der Waals surface area contributed by atoms with Crippen molar-refractivity contribution in [1.29, 1.82) is 0 Å². The van der Waals surface area contributed by atoms with Crippen LogP contribution in [0.25, 0.3) is 0 Å². The van der Waals surface area contributed by atoms with Crippen LogP contribution in [-0.4, -0.2) is 20.8 Å². The van der Waals surface area contributed by atoms with Crippen LogP contribution in [-0.2, 0) is 6.54 Å². The number of hydrogen-bond acceptors (Lipinski definition) is 3. The van der Waals surface area contributed by atoms with E-state index in [4.69, 9.17) is 0 Å². The summed E-state index contributed by atoms with van der Waals surface area (Å²) in [6.45, 7) is 4.89. The fourth-order valence-electron chi connectivity index (χ4n) is 1.47. The van der Waals surface area contributed by atoms with Gasteiger partial charge in [0.05, 0.1) is 6.54 Å². The van der Waals surface area contributed by atoms with Gasteiger partial charge in [-0.15, -0.1) is 5.10 Å². The summed E-state index contributed by atoms with van der Waals surface area (Å²) in [6, 6.07) is 10.6. The molecule has 84 valence electrons. The summed E-state index contributed by atoms with van der Waals surface area (Å²) in [5.74, 6) is 0.686. The maximum Gasteiger partial charge on any atom is 0.242 e. The highest BCUT2D eigenvalue weighted by Crippen LogP contribution is 2.03. The Balaban J connectivity index is 2.03. The molecule has 4 heteroatoms. The molecule has 1 N–H and O–H groups in total. The van der Waals surface area contributed by atoms with Gasteiger partial charge in [-0.05, 0) is 19.4 Å². The highest BCUT2D eigenvalue weighted by atomic mass is 15.4. The molecule has 0 radical (unpaired) electrons. The largest absolute Gasteiger partial charge is 0.351 e. The lowest BCUT2D eigenvalue weighted by Crippen LogP contribution is -2.11. The van der Waals surface area contributed by atoms with Crippen molar-refractivity contribution in [2.45, 2.75) is 26.4 Å². The van der Waals surface area contributed by atoms with E-state index in [1.165, 1.54) is 5.56 Å². The molecule has 2 rings (SSSR count). The van der Waals surface area contributed by atoms with Gasteiger partial charge < -0.3 is 5.32 Å². The Morgan fingerprint density at radius 1 is 1.25 bits per heavy atom. The molecule has 0 bridgehead atoms. The summed E-state index contributed by atoms with van der Waals surface area (Å²) in [6.07, 6.45) is 1.75. The van der Waals surface area contributed by atoms with Crippen LogP contribution in [0.3, 0.4) is 0 Å². The van der Waals surface area contributed by atoms with Crippen molar-refractivity contribution < 1.29 is 0 Å². The van der Waals surface area contributed by atoms with Crippen molar-refractivity contribution in [2.75, 3.05) is 5.32 Å². The van der Waals surface area contributed by atoms with Gasteiger partial charge in [0.2, 0.25) is 5.95 Å². The Morgan fingerprint density at radius 3 is 2.69 bits per heavy atom. The summed E-state index contributed by atoms with van der Waals surface area (Å²) in [7, 11) is 0. The van der Waals surface area contributed by atoms with E-state index in [9.17, 15) is 0 Å². The van der Waals surface area contributed by atoms with Crippen LogP contribution >= 0.6 is 0 Å². The summed E-state index contributed by atoms with van der Waals surface area (Å²) in [5, 5.41) is 7.51. The number of nitrogens with one attached hydrogen (secondary N) is 1. The van der Waals surface area contributed by atoms with Gasteiger partial charge in [0.15, 0.2) is 0 Å². The molecule has 2 aromatic rings. The van der Waals surface area contributed by atoms with E-state index in [-0.39, 0.29) is 0 Å². The first-order valence-electron chi connectivity index (χ1n) is 5.44. The number of hydrogen-bond donors (Lipinski definition) is 1. The average Bonchev–Trinajstić information content (AvgIpc) is 2.66. The molecule has 4 nitrogen and oxygen atoms in total. The smallest absolute Gasteiger partial charge is 0.242 e. The van der Waals surface area contributed by atoms with Crippen LogP contribution in [0, 0.1) is 0 Å². The molecule has 0 fully saturated rings. The van der Waals surface area contributed by atoms with E-state index < -0.39 is 0 Å². The monoisotopic (exact) mass is 216 g/mol. The third-order valence-electron chi connectivity index (χ3n) is 2.14. The maximum absolute atomic E-state index is 4.34. The minimum absolute atomic E-state index is 0.354. The van der Waals surface area contributed by atoms with Gasteiger partial charge in [-0.25, -0.2) is 9.67 Å². The molecule has 0 amide bonds. The van der Waals surface area contributed by atoms with Gasteiger partial charge in [-0.1, -0.05) is 30.3 Å². The zero-order valence-corrected chi connectivity index (χ0v) is 9.59. The Labute approximate surface area is 95.3 Å². The maximum atomic E-state index is 4.34. The molecule has 0 aliphatic heterocycles. The lowest BCUT2D eigenvalue weighted by molar-refractivity contribution is 0.684. The third kappa shape index (κ3) is 2.82. The second-order valence-corrected chi connectivity index (χ2v) is 4.05. The van der Waals surface area contributed by atoms with Crippen LogP contribution in [0.4, 0.5) is 5.95 Å². The summed E-state index contributed by atoms with van der Waals surface area (Å²) in [5.41, 5.74) is 1.23. The van der Waals surface area contributed by atoms with Crippen LogP contribution in [0.1, 0.15) is 19.4 Å². The van der Waals surface area contributed by atoms with Crippen molar-refractivity contribution in [1.82, 2.24) is 14.8 Å². The molecule has 0 aliphatic rings. The number of rotatable bonds is 4. The van der Waals surface area contributed by atoms with Gasteiger partial charge in [-0.2, -0.15) is 0 Å². The van der Waals surface area contributed by atoms with Crippen molar-refractivity contribution in [2.24, 2.45) is 0 Å². The zero-order valence-electron chi connectivity index (χ0n) is 9.59. The Hall–Kier alpha value is -1.84. The number of nitrogens with zero attached hydrogens (tertiary/aromatic N) is 3. The van der Waals surface area contributed by atoms with Crippen LogP contribution < -0.4 is 5.32 Å². The molecule has 0 atom stereocenters. The summed E-state index contributed by atoms with van der Waals surface area (Å²) >= 11 is 0.